The van der Waals surface area contributed by atoms with Crippen LogP contribution in [0.5, 0.6) is 0 Å². The van der Waals surface area contributed by atoms with E-state index in [2.05, 4.69) is 5.32 Å². The first-order valence-corrected chi connectivity index (χ1v) is 6.12. The van der Waals surface area contributed by atoms with Gasteiger partial charge in [0.1, 0.15) is 5.78 Å². The molecule has 0 radical (unpaired) electrons. The third-order valence-electron chi connectivity index (χ3n) is 3.75. The number of halogens is 1. The molecule has 1 saturated carbocycles. The molecule has 1 aliphatic carbocycles. The van der Waals surface area contributed by atoms with Crippen LogP contribution in [0.2, 0.25) is 0 Å². The minimum Gasteiger partial charge on any atom is -0.317 e. The highest BCUT2D eigenvalue weighted by Crippen LogP contribution is 2.29. The minimum absolute atomic E-state index is 0. The molecule has 0 aromatic heterocycles. The van der Waals surface area contributed by atoms with E-state index in [4.69, 9.17) is 0 Å². The van der Waals surface area contributed by atoms with Crippen LogP contribution in [-0.4, -0.2) is 18.9 Å². The largest absolute Gasteiger partial charge is 0.317 e. The maximum atomic E-state index is 12.1. The van der Waals surface area contributed by atoms with E-state index in [-0.39, 0.29) is 12.4 Å². The van der Waals surface area contributed by atoms with Crippen LogP contribution in [0.1, 0.15) is 44.9 Å². The fourth-order valence-corrected chi connectivity index (χ4v) is 2.83. The molecule has 0 bridgehead atoms. The standard InChI is InChI=1S/C12H21NO.ClH/c14-12(10-4-2-1-3-5-10)11-6-8-13-9-7-11;/h10-11,13H,1-9H2;1H. The van der Waals surface area contributed by atoms with Crippen molar-refractivity contribution in [2.75, 3.05) is 13.1 Å². The zero-order valence-corrected chi connectivity index (χ0v) is 10.2. The molecule has 2 fully saturated rings. The Morgan fingerprint density at radius 1 is 0.867 bits per heavy atom. The lowest BCUT2D eigenvalue weighted by atomic mass is 9.79. The summed E-state index contributed by atoms with van der Waals surface area (Å²) in [6.07, 6.45) is 8.40. The van der Waals surface area contributed by atoms with Crippen LogP contribution in [0.4, 0.5) is 0 Å². The smallest absolute Gasteiger partial charge is 0.139 e. The second kappa shape index (κ2) is 6.49. The molecule has 0 aromatic carbocycles. The number of piperidine rings is 1. The Morgan fingerprint density at radius 2 is 1.40 bits per heavy atom. The summed E-state index contributed by atoms with van der Waals surface area (Å²) >= 11 is 0. The third kappa shape index (κ3) is 3.46. The summed E-state index contributed by atoms with van der Waals surface area (Å²) in [5.41, 5.74) is 0. The first-order valence-electron chi connectivity index (χ1n) is 6.12. The summed E-state index contributed by atoms with van der Waals surface area (Å²) in [5, 5.41) is 3.32. The fraction of sp³-hybridized carbons (Fsp3) is 0.917. The number of hydrogen-bond acceptors (Lipinski definition) is 2. The van der Waals surface area contributed by atoms with Gasteiger partial charge in [0.2, 0.25) is 0 Å². The van der Waals surface area contributed by atoms with Crippen molar-refractivity contribution in [2.45, 2.75) is 44.9 Å². The Balaban J connectivity index is 0.00000112. The SMILES string of the molecule is Cl.O=C(C1CCCCC1)C1CCNCC1. The number of ketones is 1. The monoisotopic (exact) mass is 231 g/mol. The van der Waals surface area contributed by atoms with E-state index >= 15 is 0 Å². The lowest BCUT2D eigenvalue weighted by Crippen LogP contribution is -2.35. The predicted molar refractivity (Wildman–Crippen MR) is 64.4 cm³/mol. The van der Waals surface area contributed by atoms with E-state index in [1.54, 1.807) is 0 Å². The average molecular weight is 232 g/mol. The Hall–Kier alpha value is -0.0800. The highest BCUT2D eigenvalue weighted by molar-refractivity contribution is 5.85. The first-order chi connectivity index (χ1) is 6.88. The summed E-state index contributed by atoms with van der Waals surface area (Å²) in [6.45, 7) is 2.09. The molecule has 0 atom stereocenters. The van der Waals surface area contributed by atoms with Crippen molar-refractivity contribution in [3.8, 4) is 0 Å². The van der Waals surface area contributed by atoms with Crippen LogP contribution in [0, 0.1) is 11.8 Å². The maximum Gasteiger partial charge on any atom is 0.139 e. The highest BCUT2D eigenvalue weighted by Gasteiger charge is 2.28. The molecular weight excluding hydrogens is 210 g/mol. The van der Waals surface area contributed by atoms with Crippen LogP contribution >= 0.6 is 12.4 Å². The number of Topliss-reactive ketones (excluding diaryl/α,β-unsaturated/α-hetero) is 1. The van der Waals surface area contributed by atoms with Crippen molar-refractivity contribution >= 4 is 18.2 Å². The van der Waals surface area contributed by atoms with Crippen molar-refractivity contribution in [3.05, 3.63) is 0 Å². The van der Waals surface area contributed by atoms with Crippen molar-refractivity contribution < 1.29 is 4.79 Å². The van der Waals surface area contributed by atoms with Gasteiger partial charge in [-0.05, 0) is 38.8 Å². The molecule has 3 heteroatoms. The summed E-state index contributed by atoms with van der Waals surface area (Å²) < 4.78 is 0. The van der Waals surface area contributed by atoms with Crippen LogP contribution in [0.3, 0.4) is 0 Å². The normalized spacial score (nSPS) is 24.5. The van der Waals surface area contributed by atoms with E-state index < -0.39 is 0 Å². The Morgan fingerprint density at radius 3 is 2.00 bits per heavy atom. The number of nitrogens with one attached hydrogen (secondary N) is 1. The molecule has 1 aliphatic heterocycles. The summed E-state index contributed by atoms with van der Waals surface area (Å²) in [7, 11) is 0. The number of rotatable bonds is 2. The molecule has 2 rings (SSSR count). The van der Waals surface area contributed by atoms with Gasteiger partial charge in [-0.2, -0.15) is 0 Å². The number of hydrogen-bond donors (Lipinski definition) is 1. The van der Waals surface area contributed by atoms with E-state index in [1.807, 2.05) is 0 Å². The third-order valence-corrected chi connectivity index (χ3v) is 3.75. The van der Waals surface area contributed by atoms with Crippen LogP contribution < -0.4 is 5.32 Å². The molecule has 1 saturated heterocycles. The first kappa shape index (κ1) is 13.0. The van der Waals surface area contributed by atoms with Gasteiger partial charge in [-0.3, -0.25) is 4.79 Å². The topological polar surface area (TPSA) is 29.1 Å². The molecule has 0 aromatic rings. The van der Waals surface area contributed by atoms with E-state index in [0.717, 1.165) is 25.9 Å². The van der Waals surface area contributed by atoms with Gasteiger partial charge in [0.25, 0.3) is 0 Å². The summed E-state index contributed by atoms with van der Waals surface area (Å²) in [4.78, 5) is 12.1. The van der Waals surface area contributed by atoms with E-state index in [1.165, 1.54) is 32.1 Å². The van der Waals surface area contributed by atoms with Gasteiger partial charge in [-0.25, -0.2) is 0 Å². The molecule has 1 N–H and O–H groups in total. The second-order valence-corrected chi connectivity index (χ2v) is 4.76. The fourth-order valence-electron chi connectivity index (χ4n) is 2.83. The number of carbonyl (C=O) groups excluding carboxylic acids is 1. The Kier molecular flexibility index (Phi) is 5.62. The molecule has 1 heterocycles. The lowest BCUT2D eigenvalue weighted by Gasteiger charge is -2.27. The predicted octanol–water partition coefficient (Wildman–Crippen LogP) is 2.56. The quantitative estimate of drug-likeness (QED) is 0.792. The van der Waals surface area contributed by atoms with Gasteiger partial charge in [0, 0.05) is 11.8 Å². The second-order valence-electron chi connectivity index (χ2n) is 4.76. The molecule has 2 aliphatic rings. The number of carbonyl (C=O) groups is 1. The van der Waals surface area contributed by atoms with Crippen molar-refractivity contribution in [1.82, 2.24) is 5.32 Å². The molecule has 88 valence electrons. The summed E-state index contributed by atoms with van der Waals surface area (Å²) in [6, 6.07) is 0. The van der Waals surface area contributed by atoms with E-state index in [0.29, 0.717) is 17.6 Å². The Labute approximate surface area is 98.6 Å². The van der Waals surface area contributed by atoms with Crippen molar-refractivity contribution in [2.24, 2.45) is 11.8 Å². The molecule has 0 unspecified atom stereocenters. The molecule has 2 nitrogen and oxygen atoms in total. The van der Waals surface area contributed by atoms with E-state index in [9.17, 15) is 4.79 Å². The maximum absolute atomic E-state index is 12.1. The van der Waals surface area contributed by atoms with Crippen LogP contribution in [0.25, 0.3) is 0 Å². The van der Waals surface area contributed by atoms with Gasteiger partial charge in [0.05, 0.1) is 0 Å². The molecule has 0 amide bonds. The van der Waals surface area contributed by atoms with Crippen molar-refractivity contribution in [3.63, 3.8) is 0 Å². The van der Waals surface area contributed by atoms with Crippen LogP contribution in [-0.2, 0) is 4.79 Å². The average Bonchev–Trinajstić information content (AvgIpc) is 2.30. The highest BCUT2D eigenvalue weighted by atomic mass is 35.5. The van der Waals surface area contributed by atoms with Gasteiger partial charge in [-0.1, -0.05) is 19.3 Å². The van der Waals surface area contributed by atoms with Gasteiger partial charge >= 0.3 is 0 Å². The molecule has 15 heavy (non-hydrogen) atoms. The molecule has 0 spiro atoms. The zero-order valence-electron chi connectivity index (χ0n) is 9.34. The van der Waals surface area contributed by atoms with Gasteiger partial charge < -0.3 is 5.32 Å². The van der Waals surface area contributed by atoms with Gasteiger partial charge in [0.15, 0.2) is 0 Å². The lowest BCUT2D eigenvalue weighted by molar-refractivity contribution is -0.128. The zero-order chi connectivity index (χ0) is 9.80. The summed E-state index contributed by atoms with van der Waals surface area (Å²) in [5.74, 6) is 1.40. The van der Waals surface area contributed by atoms with Crippen LogP contribution in [0.15, 0.2) is 0 Å². The molecular formula is C12H22ClNO. The minimum atomic E-state index is 0. The Bertz CT molecular complexity index is 176. The van der Waals surface area contributed by atoms with Gasteiger partial charge in [-0.15, -0.1) is 12.4 Å². The van der Waals surface area contributed by atoms with Crippen molar-refractivity contribution in [1.29, 1.82) is 0 Å².